The molecule has 0 bridgehead atoms. The largest absolute Gasteiger partial charge is 0.411 e. The van der Waals surface area contributed by atoms with Gasteiger partial charge in [-0.25, -0.2) is 0 Å². The van der Waals surface area contributed by atoms with Gasteiger partial charge in [-0.3, -0.25) is 0 Å². The summed E-state index contributed by atoms with van der Waals surface area (Å²) in [7, 11) is 0. The smallest absolute Gasteiger partial charge is 0.0954 e. The monoisotopic (exact) mass is 365 g/mol. The molecule has 0 amide bonds. The molecule has 7 aliphatic rings. The van der Waals surface area contributed by atoms with Crippen molar-refractivity contribution >= 4 is 5.71 Å². The van der Waals surface area contributed by atoms with E-state index in [1.54, 1.807) is 5.57 Å². The van der Waals surface area contributed by atoms with Gasteiger partial charge in [0.05, 0.1) is 17.9 Å². The average Bonchev–Trinajstić information content (AvgIpc) is 3.58. The Hall–Kier alpha value is -1.09. The summed E-state index contributed by atoms with van der Waals surface area (Å²) in [6.45, 7) is 3.43. The van der Waals surface area contributed by atoms with Crippen LogP contribution in [0.3, 0.4) is 0 Å². The van der Waals surface area contributed by atoms with Gasteiger partial charge in [0.15, 0.2) is 0 Å². The van der Waals surface area contributed by atoms with Crippen LogP contribution in [0.1, 0.15) is 58.3 Å². The third-order valence-corrected chi connectivity index (χ3v) is 10.4. The van der Waals surface area contributed by atoms with Crippen LogP contribution in [0.4, 0.5) is 0 Å². The molecule has 1 heterocycles. The van der Waals surface area contributed by atoms with Gasteiger partial charge in [-0.1, -0.05) is 29.8 Å². The number of hydrogen-bond donors (Lipinski definition) is 1. The summed E-state index contributed by atoms with van der Waals surface area (Å²) in [6.07, 6.45) is 17.6. The van der Waals surface area contributed by atoms with Crippen LogP contribution in [-0.4, -0.2) is 23.1 Å². The fourth-order valence-corrected chi connectivity index (χ4v) is 9.28. The molecular formula is C24H31NO2. The first-order valence-electron chi connectivity index (χ1n) is 11.4. The molecule has 5 fully saturated rings. The second kappa shape index (κ2) is 4.72. The van der Waals surface area contributed by atoms with Gasteiger partial charge in [0, 0.05) is 5.41 Å². The van der Waals surface area contributed by atoms with Crippen molar-refractivity contribution in [2.45, 2.75) is 63.9 Å². The summed E-state index contributed by atoms with van der Waals surface area (Å²) < 4.78 is 6.54. The van der Waals surface area contributed by atoms with Crippen LogP contribution in [0.15, 0.2) is 29.0 Å². The van der Waals surface area contributed by atoms with Crippen LogP contribution in [0.5, 0.6) is 0 Å². The summed E-state index contributed by atoms with van der Waals surface area (Å²) in [4.78, 5) is 0. The quantitative estimate of drug-likeness (QED) is 0.374. The van der Waals surface area contributed by atoms with Crippen LogP contribution >= 0.6 is 0 Å². The fourth-order valence-electron chi connectivity index (χ4n) is 9.28. The van der Waals surface area contributed by atoms with E-state index in [2.05, 4.69) is 30.3 Å². The van der Waals surface area contributed by atoms with Crippen molar-refractivity contribution in [1.82, 2.24) is 0 Å². The molecule has 3 nitrogen and oxygen atoms in total. The van der Waals surface area contributed by atoms with E-state index in [9.17, 15) is 5.21 Å². The Morgan fingerprint density at radius 1 is 1.15 bits per heavy atom. The third kappa shape index (κ3) is 1.69. The van der Waals surface area contributed by atoms with Gasteiger partial charge in [-0.15, -0.1) is 0 Å². The van der Waals surface area contributed by atoms with Crippen molar-refractivity contribution in [2.24, 2.45) is 51.5 Å². The standard InChI is InChI=1S/C24H31NO2/c1-22-7-5-15-16-4-3-14(25-26)11-19(16)23(8-9-23)13-18(15)21(22)17-12-20(17)24(22)6-2-10-27-24/h2,6,11,15-18,20-21,26H,3-5,7-10,12-13H2,1H3/b25-14+/t15?,16-,17?,18?,20?,21?,22+,24+/m1/s1. The molecule has 3 heteroatoms. The highest BCUT2D eigenvalue weighted by Gasteiger charge is 2.77. The zero-order valence-corrected chi connectivity index (χ0v) is 16.4. The van der Waals surface area contributed by atoms with Gasteiger partial charge < -0.3 is 9.94 Å². The Kier molecular flexibility index (Phi) is 2.76. The first kappa shape index (κ1) is 15.8. The molecule has 7 rings (SSSR count). The van der Waals surface area contributed by atoms with Crippen LogP contribution in [0.25, 0.3) is 0 Å². The van der Waals surface area contributed by atoms with E-state index in [4.69, 9.17) is 4.74 Å². The van der Waals surface area contributed by atoms with Crippen LogP contribution in [-0.2, 0) is 4.74 Å². The highest BCUT2D eigenvalue weighted by molar-refractivity contribution is 5.96. The molecule has 0 saturated heterocycles. The predicted octanol–water partition coefficient (Wildman–Crippen LogP) is 4.96. The Labute approximate surface area is 161 Å². The number of fused-ring (bicyclic) bond motifs is 10. The van der Waals surface area contributed by atoms with Crippen LogP contribution in [0.2, 0.25) is 0 Å². The fraction of sp³-hybridized carbons (Fsp3) is 0.792. The molecular weight excluding hydrogens is 334 g/mol. The highest BCUT2D eigenvalue weighted by Crippen LogP contribution is 2.79. The van der Waals surface area contributed by atoms with Crippen molar-refractivity contribution < 1.29 is 9.94 Å². The van der Waals surface area contributed by atoms with Gasteiger partial charge in [-0.2, -0.15) is 0 Å². The first-order valence-corrected chi connectivity index (χ1v) is 11.4. The van der Waals surface area contributed by atoms with Gasteiger partial charge in [-0.05, 0) is 98.4 Å². The molecule has 0 radical (unpaired) electrons. The molecule has 8 atom stereocenters. The Morgan fingerprint density at radius 3 is 2.78 bits per heavy atom. The normalized spacial score (nSPS) is 57.2. The molecule has 0 aromatic carbocycles. The van der Waals surface area contributed by atoms with Crippen LogP contribution in [0, 0.1) is 46.3 Å². The number of rotatable bonds is 0. The Balaban J connectivity index is 1.31. The van der Waals surface area contributed by atoms with Crippen molar-refractivity contribution in [3.8, 4) is 0 Å². The molecule has 5 saturated carbocycles. The number of oxime groups is 1. The molecule has 2 spiro atoms. The number of allylic oxidation sites excluding steroid dienone is 2. The van der Waals surface area contributed by atoms with Gasteiger partial charge in [0.1, 0.15) is 0 Å². The van der Waals surface area contributed by atoms with E-state index < -0.39 is 0 Å². The van der Waals surface area contributed by atoms with Crippen molar-refractivity contribution in [3.05, 3.63) is 23.8 Å². The summed E-state index contributed by atoms with van der Waals surface area (Å²) in [6, 6.07) is 0. The lowest BCUT2D eigenvalue weighted by Gasteiger charge is -2.58. The summed E-state index contributed by atoms with van der Waals surface area (Å²) in [5.41, 5.74) is 3.51. The molecule has 0 aromatic heterocycles. The maximum Gasteiger partial charge on any atom is 0.0954 e. The van der Waals surface area contributed by atoms with Gasteiger partial charge in [0.2, 0.25) is 0 Å². The zero-order chi connectivity index (χ0) is 18.0. The maximum atomic E-state index is 9.34. The van der Waals surface area contributed by atoms with E-state index in [-0.39, 0.29) is 5.60 Å². The minimum absolute atomic E-state index is 0.0728. The molecule has 27 heavy (non-hydrogen) atoms. The Morgan fingerprint density at radius 2 is 2.04 bits per heavy atom. The van der Waals surface area contributed by atoms with Crippen LogP contribution < -0.4 is 0 Å². The second-order valence-electron chi connectivity index (χ2n) is 11.1. The summed E-state index contributed by atoms with van der Waals surface area (Å²) >= 11 is 0. The van der Waals surface area contributed by atoms with E-state index in [1.807, 2.05) is 0 Å². The first-order chi connectivity index (χ1) is 13.1. The van der Waals surface area contributed by atoms with E-state index in [0.717, 1.165) is 54.2 Å². The average molecular weight is 366 g/mol. The second-order valence-corrected chi connectivity index (χ2v) is 11.1. The zero-order valence-electron chi connectivity index (χ0n) is 16.4. The molecule has 0 aromatic rings. The predicted molar refractivity (Wildman–Crippen MR) is 104 cm³/mol. The minimum Gasteiger partial charge on any atom is -0.411 e. The van der Waals surface area contributed by atoms with Crippen molar-refractivity contribution in [2.75, 3.05) is 6.61 Å². The number of hydrogen-bond acceptors (Lipinski definition) is 3. The lowest BCUT2D eigenvalue weighted by Crippen LogP contribution is -2.55. The molecule has 5 unspecified atom stereocenters. The van der Waals surface area contributed by atoms with Gasteiger partial charge in [0.25, 0.3) is 0 Å². The van der Waals surface area contributed by atoms with Gasteiger partial charge >= 0.3 is 0 Å². The maximum absolute atomic E-state index is 9.34. The molecule has 144 valence electrons. The molecule has 1 N–H and O–H groups in total. The number of ether oxygens (including phenoxy) is 1. The SMILES string of the molecule is C[C@]12CCC3C(CC4(CC4)C4=C/C(=N/O)CC[C@@H]43)C1C1CC1[C@@]21C=CCO1. The minimum atomic E-state index is 0.0728. The molecule has 6 aliphatic carbocycles. The highest BCUT2D eigenvalue weighted by atomic mass is 16.5. The lowest BCUT2D eigenvalue weighted by molar-refractivity contribution is -0.134. The van der Waals surface area contributed by atoms with E-state index >= 15 is 0 Å². The van der Waals surface area contributed by atoms with Crippen molar-refractivity contribution in [1.29, 1.82) is 0 Å². The Bertz CT molecular complexity index is 807. The van der Waals surface area contributed by atoms with Crippen molar-refractivity contribution in [3.63, 3.8) is 0 Å². The van der Waals surface area contributed by atoms with E-state index in [1.165, 1.54) is 44.9 Å². The topological polar surface area (TPSA) is 41.8 Å². The summed E-state index contributed by atoms with van der Waals surface area (Å²) in [5.74, 6) is 5.11. The van der Waals surface area contributed by atoms with E-state index in [0.29, 0.717) is 10.8 Å². The summed E-state index contributed by atoms with van der Waals surface area (Å²) in [5, 5.41) is 12.9. The third-order valence-electron chi connectivity index (χ3n) is 10.4. The number of nitrogens with zero attached hydrogens (tertiary/aromatic N) is 1. The lowest BCUT2D eigenvalue weighted by atomic mass is 9.47. The molecule has 1 aliphatic heterocycles.